The van der Waals surface area contributed by atoms with Crippen molar-refractivity contribution in [1.29, 1.82) is 0 Å². The first-order chi connectivity index (χ1) is 7.20. The standard InChI is InChI=1S/C13H11NO/c1-8-7-10-12(8)9-5-3-4-6-11(9)14(2)13(10)15/h3-6H,1,7H2,2H3. The Kier molecular flexibility index (Phi) is 1.47. The molecule has 1 aromatic carbocycles. The van der Waals surface area contributed by atoms with E-state index in [-0.39, 0.29) is 5.56 Å². The van der Waals surface area contributed by atoms with Crippen molar-refractivity contribution >= 4 is 16.5 Å². The molecule has 1 aliphatic carbocycles. The van der Waals surface area contributed by atoms with Crippen molar-refractivity contribution in [1.82, 2.24) is 4.57 Å². The van der Waals surface area contributed by atoms with Gasteiger partial charge < -0.3 is 4.57 Å². The predicted octanol–water partition coefficient (Wildman–Crippen LogP) is 2.11. The molecule has 2 aromatic rings. The third-order valence-electron chi connectivity index (χ3n) is 3.14. The van der Waals surface area contributed by atoms with Crippen molar-refractivity contribution in [3.8, 4) is 0 Å². The van der Waals surface area contributed by atoms with Gasteiger partial charge in [0, 0.05) is 24.4 Å². The molecule has 1 aliphatic rings. The molecule has 0 unspecified atom stereocenters. The molecular weight excluding hydrogens is 186 g/mol. The molecule has 0 radical (unpaired) electrons. The van der Waals surface area contributed by atoms with Gasteiger partial charge in [0.2, 0.25) is 0 Å². The topological polar surface area (TPSA) is 22.0 Å². The fourth-order valence-corrected chi connectivity index (χ4v) is 2.32. The molecule has 3 rings (SSSR count). The molecule has 2 heteroatoms. The van der Waals surface area contributed by atoms with Crippen molar-refractivity contribution in [3.05, 3.63) is 52.3 Å². The van der Waals surface area contributed by atoms with Gasteiger partial charge in [0.05, 0.1) is 5.52 Å². The zero-order valence-corrected chi connectivity index (χ0v) is 8.58. The number of hydrogen-bond acceptors (Lipinski definition) is 1. The van der Waals surface area contributed by atoms with Crippen LogP contribution in [0.5, 0.6) is 0 Å². The average Bonchev–Trinajstić information content (AvgIpc) is 2.23. The summed E-state index contributed by atoms with van der Waals surface area (Å²) in [5, 5.41) is 1.14. The molecular formula is C13H11NO. The second-order valence-corrected chi connectivity index (χ2v) is 4.02. The van der Waals surface area contributed by atoms with E-state index in [0.717, 1.165) is 34.0 Å². The van der Waals surface area contributed by atoms with E-state index in [0.29, 0.717) is 0 Å². The highest BCUT2D eigenvalue weighted by molar-refractivity contribution is 5.97. The van der Waals surface area contributed by atoms with Crippen LogP contribution in [0, 0.1) is 0 Å². The van der Waals surface area contributed by atoms with Gasteiger partial charge in [-0.1, -0.05) is 24.8 Å². The van der Waals surface area contributed by atoms with Gasteiger partial charge in [0.25, 0.3) is 5.56 Å². The highest BCUT2D eigenvalue weighted by atomic mass is 16.1. The number of aryl methyl sites for hydroxylation is 1. The van der Waals surface area contributed by atoms with Gasteiger partial charge in [-0.3, -0.25) is 4.79 Å². The molecule has 2 nitrogen and oxygen atoms in total. The van der Waals surface area contributed by atoms with E-state index in [1.807, 2.05) is 25.2 Å². The Hall–Kier alpha value is -1.83. The van der Waals surface area contributed by atoms with E-state index >= 15 is 0 Å². The fourth-order valence-electron chi connectivity index (χ4n) is 2.32. The van der Waals surface area contributed by atoms with E-state index < -0.39 is 0 Å². The van der Waals surface area contributed by atoms with Gasteiger partial charge >= 0.3 is 0 Å². The fraction of sp³-hybridized carbons (Fsp3) is 0.154. The average molecular weight is 197 g/mol. The molecule has 15 heavy (non-hydrogen) atoms. The van der Waals surface area contributed by atoms with Crippen molar-refractivity contribution < 1.29 is 0 Å². The largest absolute Gasteiger partial charge is 0.311 e. The molecule has 0 aliphatic heterocycles. The van der Waals surface area contributed by atoms with Crippen LogP contribution in [0.3, 0.4) is 0 Å². The van der Waals surface area contributed by atoms with E-state index in [9.17, 15) is 4.79 Å². The maximum Gasteiger partial charge on any atom is 0.254 e. The predicted molar refractivity (Wildman–Crippen MR) is 61.9 cm³/mol. The number of aromatic nitrogens is 1. The molecule has 0 bridgehead atoms. The van der Waals surface area contributed by atoms with Crippen LogP contribution in [0.2, 0.25) is 0 Å². The third kappa shape index (κ3) is 0.911. The van der Waals surface area contributed by atoms with Gasteiger partial charge in [0.1, 0.15) is 0 Å². The lowest BCUT2D eigenvalue weighted by molar-refractivity contribution is 0.872. The first-order valence-corrected chi connectivity index (χ1v) is 4.99. The summed E-state index contributed by atoms with van der Waals surface area (Å²) in [7, 11) is 1.83. The Balaban J connectivity index is 2.62. The summed E-state index contributed by atoms with van der Waals surface area (Å²) in [6, 6.07) is 7.98. The second-order valence-electron chi connectivity index (χ2n) is 4.02. The Morgan fingerprint density at radius 3 is 2.80 bits per heavy atom. The number of fused-ring (bicyclic) bond motifs is 3. The second kappa shape index (κ2) is 2.60. The summed E-state index contributed by atoms with van der Waals surface area (Å²) < 4.78 is 1.72. The third-order valence-corrected chi connectivity index (χ3v) is 3.14. The SMILES string of the molecule is C=C1Cc2c1c1ccccc1n(C)c2=O. The summed E-state index contributed by atoms with van der Waals surface area (Å²) in [6.07, 6.45) is 0.743. The molecule has 0 amide bonds. The number of allylic oxidation sites excluding steroid dienone is 1. The summed E-state index contributed by atoms with van der Waals surface area (Å²) in [4.78, 5) is 11.9. The molecule has 1 aromatic heterocycles. The summed E-state index contributed by atoms with van der Waals surface area (Å²) in [5.74, 6) is 0. The first-order valence-electron chi connectivity index (χ1n) is 4.99. The van der Waals surface area contributed by atoms with Gasteiger partial charge in [-0.25, -0.2) is 0 Å². The van der Waals surface area contributed by atoms with Crippen LogP contribution >= 0.6 is 0 Å². The van der Waals surface area contributed by atoms with Gasteiger partial charge in [-0.05, 0) is 17.2 Å². The lowest BCUT2D eigenvalue weighted by atomic mass is 9.82. The minimum atomic E-state index is 0.121. The van der Waals surface area contributed by atoms with Crippen LogP contribution in [0.15, 0.2) is 35.6 Å². The van der Waals surface area contributed by atoms with Crippen LogP contribution in [-0.2, 0) is 13.5 Å². The molecule has 0 atom stereocenters. The molecule has 1 heterocycles. The van der Waals surface area contributed by atoms with Crippen molar-refractivity contribution in [2.45, 2.75) is 6.42 Å². The minimum absolute atomic E-state index is 0.121. The van der Waals surface area contributed by atoms with Crippen LogP contribution in [-0.4, -0.2) is 4.57 Å². The Morgan fingerprint density at radius 1 is 1.33 bits per heavy atom. The molecule has 0 saturated heterocycles. The molecule has 0 spiro atoms. The maximum absolute atomic E-state index is 11.9. The number of pyridine rings is 1. The summed E-state index contributed by atoms with van der Waals surface area (Å²) in [6.45, 7) is 3.97. The van der Waals surface area contributed by atoms with Crippen LogP contribution in [0.25, 0.3) is 16.5 Å². The van der Waals surface area contributed by atoms with Gasteiger partial charge in [-0.15, -0.1) is 0 Å². The van der Waals surface area contributed by atoms with Gasteiger partial charge in [-0.2, -0.15) is 0 Å². The quantitative estimate of drug-likeness (QED) is 0.634. The number of benzene rings is 1. The Morgan fingerprint density at radius 2 is 2.07 bits per heavy atom. The van der Waals surface area contributed by atoms with Crippen molar-refractivity contribution in [2.24, 2.45) is 7.05 Å². The van der Waals surface area contributed by atoms with Crippen LogP contribution in [0.4, 0.5) is 0 Å². The Labute approximate surface area is 87.5 Å². The van der Waals surface area contributed by atoms with Crippen molar-refractivity contribution in [2.75, 3.05) is 0 Å². The van der Waals surface area contributed by atoms with E-state index in [4.69, 9.17) is 0 Å². The summed E-state index contributed by atoms with van der Waals surface area (Å²) >= 11 is 0. The van der Waals surface area contributed by atoms with E-state index in [1.165, 1.54) is 0 Å². The van der Waals surface area contributed by atoms with Crippen LogP contribution < -0.4 is 5.56 Å². The van der Waals surface area contributed by atoms with Crippen LogP contribution in [0.1, 0.15) is 11.1 Å². The molecule has 0 N–H and O–H groups in total. The zero-order chi connectivity index (χ0) is 10.6. The zero-order valence-electron chi connectivity index (χ0n) is 8.58. The van der Waals surface area contributed by atoms with E-state index in [2.05, 4.69) is 12.6 Å². The highest BCUT2D eigenvalue weighted by Crippen LogP contribution is 2.35. The smallest absolute Gasteiger partial charge is 0.254 e. The number of hydrogen-bond donors (Lipinski definition) is 0. The Bertz CT molecular complexity index is 649. The maximum atomic E-state index is 11.9. The number of para-hydroxylation sites is 1. The molecule has 0 fully saturated rings. The van der Waals surface area contributed by atoms with E-state index in [1.54, 1.807) is 4.57 Å². The lowest BCUT2D eigenvalue weighted by Gasteiger charge is -2.24. The summed E-state index contributed by atoms with van der Waals surface area (Å²) in [5.41, 5.74) is 4.19. The lowest BCUT2D eigenvalue weighted by Crippen LogP contribution is -2.28. The number of rotatable bonds is 0. The number of nitrogens with zero attached hydrogens (tertiary/aromatic N) is 1. The first kappa shape index (κ1) is 8.48. The molecule has 0 saturated carbocycles. The highest BCUT2D eigenvalue weighted by Gasteiger charge is 2.25. The van der Waals surface area contributed by atoms with Crippen molar-refractivity contribution in [3.63, 3.8) is 0 Å². The normalized spacial score (nSPS) is 13.8. The minimum Gasteiger partial charge on any atom is -0.311 e. The monoisotopic (exact) mass is 197 g/mol. The van der Waals surface area contributed by atoms with Gasteiger partial charge in [0.15, 0.2) is 0 Å². The molecule has 74 valence electrons.